The molecule has 1 unspecified atom stereocenters. The number of allylic oxidation sites excluding steroid dienone is 1. The average molecular weight is 422 g/mol. The van der Waals surface area contributed by atoms with Gasteiger partial charge >= 0.3 is 5.97 Å². The van der Waals surface area contributed by atoms with Crippen LogP contribution in [0.25, 0.3) is 0 Å². The first-order chi connectivity index (χ1) is 14.8. The summed E-state index contributed by atoms with van der Waals surface area (Å²) in [5.74, 6) is -4.16. The number of hydrogen-bond acceptors (Lipinski definition) is 4. The number of anilines is 1. The summed E-state index contributed by atoms with van der Waals surface area (Å²) in [4.78, 5) is 23.9. The Labute approximate surface area is 177 Å². The molecule has 0 saturated heterocycles. The van der Waals surface area contributed by atoms with Crippen LogP contribution in [0.4, 0.5) is 14.5 Å². The lowest BCUT2D eigenvalue weighted by Crippen LogP contribution is -2.15. The van der Waals surface area contributed by atoms with E-state index in [1.54, 1.807) is 24.3 Å². The Hall–Kier alpha value is -4.00. The zero-order chi connectivity index (χ0) is 22.4. The highest BCUT2D eigenvalue weighted by molar-refractivity contribution is 6.05. The van der Waals surface area contributed by atoms with Gasteiger partial charge in [-0.25, -0.2) is 8.78 Å². The quantitative estimate of drug-likeness (QED) is 0.368. The Morgan fingerprint density at radius 1 is 1.00 bits per heavy atom. The van der Waals surface area contributed by atoms with Crippen LogP contribution in [0.1, 0.15) is 27.4 Å². The van der Waals surface area contributed by atoms with Gasteiger partial charge in [0.2, 0.25) is 0 Å². The molecule has 1 atom stereocenters. The van der Waals surface area contributed by atoms with Gasteiger partial charge in [0.1, 0.15) is 17.5 Å². The molecule has 0 aromatic heterocycles. The van der Waals surface area contributed by atoms with E-state index < -0.39 is 29.3 Å². The van der Waals surface area contributed by atoms with E-state index in [1.807, 2.05) is 30.3 Å². The second kappa shape index (κ2) is 9.67. The number of rotatable bonds is 8. The zero-order valence-corrected chi connectivity index (χ0v) is 16.4. The Morgan fingerprint density at radius 3 is 2.29 bits per heavy atom. The highest BCUT2D eigenvalue weighted by atomic mass is 19.1. The van der Waals surface area contributed by atoms with Gasteiger partial charge in [-0.1, -0.05) is 42.5 Å². The summed E-state index contributed by atoms with van der Waals surface area (Å²) in [6.45, 7) is 0. The van der Waals surface area contributed by atoms with Crippen molar-refractivity contribution in [2.45, 2.75) is 12.3 Å². The minimum atomic E-state index is -0.975. The number of nitrogens with two attached hydrogens (primary N) is 1. The third-order valence-electron chi connectivity index (χ3n) is 4.67. The lowest BCUT2D eigenvalue weighted by Gasteiger charge is -2.14. The lowest BCUT2D eigenvalue weighted by atomic mass is 9.92. The predicted octanol–water partition coefficient (Wildman–Crippen LogP) is 4.47. The van der Waals surface area contributed by atoms with Crippen molar-refractivity contribution in [3.63, 3.8) is 0 Å². The fourth-order valence-electron chi connectivity index (χ4n) is 3.11. The number of benzene rings is 3. The van der Waals surface area contributed by atoms with Gasteiger partial charge in [-0.3, -0.25) is 9.59 Å². The van der Waals surface area contributed by atoms with Crippen molar-refractivity contribution in [3.05, 3.63) is 113 Å². The van der Waals surface area contributed by atoms with E-state index in [2.05, 4.69) is 5.32 Å². The van der Waals surface area contributed by atoms with Crippen LogP contribution in [0.5, 0.6) is 0 Å². The van der Waals surface area contributed by atoms with Gasteiger partial charge in [0.15, 0.2) is 5.78 Å². The van der Waals surface area contributed by atoms with E-state index >= 15 is 0 Å². The first-order valence-corrected chi connectivity index (χ1v) is 9.44. The standard InChI is InChI=1S/C24H20F2N2O3/c25-17-8-11-19(21(26)13-17)22(29)14-23(27)28-18-9-6-16(7-10-18)20(24(30)31)12-15-4-2-1-3-5-15/h1-11,13-14,20,28H,12,27H2,(H,30,31). The van der Waals surface area contributed by atoms with Crippen LogP contribution in [0.3, 0.4) is 0 Å². The van der Waals surface area contributed by atoms with Crippen molar-refractivity contribution in [1.29, 1.82) is 0 Å². The number of carboxylic acid groups (broad SMARTS) is 1. The van der Waals surface area contributed by atoms with Crippen molar-refractivity contribution in [2.24, 2.45) is 5.73 Å². The van der Waals surface area contributed by atoms with Gasteiger partial charge in [-0.2, -0.15) is 0 Å². The molecule has 0 heterocycles. The maximum atomic E-state index is 13.7. The zero-order valence-electron chi connectivity index (χ0n) is 16.4. The van der Waals surface area contributed by atoms with Gasteiger partial charge in [0, 0.05) is 17.8 Å². The van der Waals surface area contributed by atoms with E-state index in [-0.39, 0.29) is 11.4 Å². The molecule has 0 spiro atoms. The molecule has 31 heavy (non-hydrogen) atoms. The second-order valence-electron chi connectivity index (χ2n) is 6.92. The predicted molar refractivity (Wildman–Crippen MR) is 114 cm³/mol. The molecule has 0 bridgehead atoms. The van der Waals surface area contributed by atoms with E-state index in [0.29, 0.717) is 23.7 Å². The highest BCUT2D eigenvalue weighted by Crippen LogP contribution is 2.23. The molecule has 0 amide bonds. The maximum Gasteiger partial charge on any atom is 0.311 e. The fraction of sp³-hybridized carbons (Fsp3) is 0.0833. The number of nitrogens with one attached hydrogen (secondary N) is 1. The number of hydrogen-bond donors (Lipinski definition) is 3. The summed E-state index contributed by atoms with van der Waals surface area (Å²) in [5.41, 5.74) is 7.57. The third kappa shape index (κ3) is 5.76. The molecule has 7 heteroatoms. The third-order valence-corrected chi connectivity index (χ3v) is 4.67. The number of carbonyl (C=O) groups is 2. The van der Waals surface area contributed by atoms with Gasteiger partial charge in [-0.15, -0.1) is 0 Å². The van der Waals surface area contributed by atoms with Crippen molar-refractivity contribution in [2.75, 3.05) is 5.32 Å². The van der Waals surface area contributed by atoms with Crippen molar-refractivity contribution in [1.82, 2.24) is 0 Å². The van der Waals surface area contributed by atoms with Crippen LogP contribution < -0.4 is 11.1 Å². The number of carboxylic acids is 1. The van der Waals surface area contributed by atoms with Crippen LogP contribution in [0, 0.1) is 11.6 Å². The van der Waals surface area contributed by atoms with Gasteiger partial charge < -0.3 is 16.2 Å². The molecule has 4 N–H and O–H groups in total. The largest absolute Gasteiger partial charge is 0.481 e. The SMILES string of the molecule is NC(=CC(=O)c1ccc(F)cc1F)Nc1ccc(C(Cc2ccccc2)C(=O)O)cc1. The van der Waals surface area contributed by atoms with Crippen LogP contribution in [0.2, 0.25) is 0 Å². The normalized spacial score (nSPS) is 12.3. The summed E-state index contributed by atoms with van der Waals surface area (Å²) in [6.07, 6.45) is 1.35. The van der Waals surface area contributed by atoms with E-state index in [9.17, 15) is 23.5 Å². The maximum absolute atomic E-state index is 13.7. The molecule has 5 nitrogen and oxygen atoms in total. The van der Waals surface area contributed by atoms with Crippen LogP contribution in [-0.4, -0.2) is 16.9 Å². The molecule has 0 aliphatic heterocycles. The van der Waals surface area contributed by atoms with Crippen molar-refractivity contribution < 1.29 is 23.5 Å². The number of carbonyl (C=O) groups excluding carboxylic acids is 1. The molecular formula is C24H20F2N2O3. The van der Waals surface area contributed by atoms with E-state index in [1.165, 1.54) is 0 Å². The van der Waals surface area contributed by atoms with Gasteiger partial charge in [-0.05, 0) is 41.8 Å². The molecule has 0 fully saturated rings. The Kier molecular flexibility index (Phi) is 6.77. The first kappa shape index (κ1) is 21.7. The highest BCUT2D eigenvalue weighted by Gasteiger charge is 2.20. The molecular weight excluding hydrogens is 402 g/mol. The first-order valence-electron chi connectivity index (χ1n) is 9.44. The van der Waals surface area contributed by atoms with Crippen LogP contribution >= 0.6 is 0 Å². The number of halogens is 2. The van der Waals surface area contributed by atoms with Gasteiger partial charge in [0.05, 0.1) is 11.5 Å². The minimum Gasteiger partial charge on any atom is -0.481 e. The number of ketones is 1. The summed E-state index contributed by atoms with van der Waals surface area (Å²) >= 11 is 0. The summed E-state index contributed by atoms with van der Waals surface area (Å²) in [5, 5.41) is 12.4. The topological polar surface area (TPSA) is 92.4 Å². The van der Waals surface area contributed by atoms with Crippen LogP contribution in [0.15, 0.2) is 84.7 Å². The molecule has 3 aromatic rings. The molecule has 0 aliphatic rings. The molecule has 0 aliphatic carbocycles. The van der Waals surface area contributed by atoms with Crippen molar-refractivity contribution >= 4 is 17.4 Å². The fourth-order valence-corrected chi connectivity index (χ4v) is 3.11. The lowest BCUT2D eigenvalue weighted by molar-refractivity contribution is -0.138. The molecule has 0 saturated carbocycles. The second-order valence-corrected chi connectivity index (χ2v) is 6.92. The summed E-state index contributed by atoms with van der Waals surface area (Å²) < 4.78 is 26.7. The molecule has 3 aromatic carbocycles. The molecule has 3 rings (SSSR count). The smallest absolute Gasteiger partial charge is 0.311 e. The molecule has 0 radical (unpaired) electrons. The summed E-state index contributed by atoms with van der Waals surface area (Å²) in [7, 11) is 0. The Morgan fingerprint density at radius 2 is 1.68 bits per heavy atom. The average Bonchev–Trinajstić information content (AvgIpc) is 2.73. The monoisotopic (exact) mass is 422 g/mol. The summed E-state index contributed by atoms with van der Waals surface area (Å²) in [6, 6.07) is 18.6. The minimum absolute atomic E-state index is 0.0412. The Bertz CT molecular complexity index is 1110. The number of aliphatic carboxylic acids is 1. The van der Waals surface area contributed by atoms with E-state index in [0.717, 1.165) is 23.8 Å². The van der Waals surface area contributed by atoms with Crippen molar-refractivity contribution in [3.8, 4) is 0 Å². The van der Waals surface area contributed by atoms with Crippen LogP contribution in [-0.2, 0) is 11.2 Å². The Balaban J connectivity index is 1.70. The van der Waals surface area contributed by atoms with E-state index in [4.69, 9.17) is 5.73 Å². The molecule has 158 valence electrons. The van der Waals surface area contributed by atoms with Gasteiger partial charge in [0.25, 0.3) is 0 Å².